The fourth-order valence-corrected chi connectivity index (χ4v) is 2.92. The summed E-state index contributed by atoms with van der Waals surface area (Å²) in [5, 5.41) is 12.6. The van der Waals surface area contributed by atoms with Crippen LogP contribution >= 0.6 is 0 Å². The molecule has 0 atom stereocenters. The van der Waals surface area contributed by atoms with E-state index in [4.69, 9.17) is 14.1 Å². The monoisotopic (exact) mass is 377 g/mol. The molecule has 1 aromatic carbocycles. The highest BCUT2D eigenvalue weighted by Crippen LogP contribution is 2.27. The van der Waals surface area contributed by atoms with Crippen molar-refractivity contribution in [1.29, 1.82) is 0 Å². The summed E-state index contributed by atoms with van der Waals surface area (Å²) in [4.78, 5) is 17.6. The van der Waals surface area contributed by atoms with E-state index in [9.17, 15) is 4.79 Å². The van der Waals surface area contributed by atoms with Gasteiger partial charge in [-0.2, -0.15) is 5.10 Å². The van der Waals surface area contributed by atoms with E-state index in [2.05, 4.69) is 15.3 Å². The molecule has 4 rings (SSSR count). The first kappa shape index (κ1) is 17.8. The van der Waals surface area contributed by atoms with Crippen LogP contribution in [0.5, 0.6) is 0 Å². The van der Waals surface area contributed by atoms with Gasteiger partial charge >= 0.3 is 5.97 Å². The maximum atomic E-state index is 12.8. The fraction of sp³-hybridized carbons (Fsp3) is 0.250. The van der Waals surface area contributed by atoms with Gasteiger partial charge in [0.15, 0.2) is 12.3 Å². The lowest BCUT2D eigenvalue weighted by atomic mass is 10.1. The average molecular weight is 377 g/mol. The van der Waals surface area contributed by atoms with Crippen molar-refractivity contribution in [3.8, 4) is 11.3 Å². The van der Waals surface area contributed by atoms with E-state index in [1.54, 1.807) is 23.9 Å². The van der Waals surface area contributed by atoms with E-state index < -0.39 is 5.97 Å². The fourth-order valence-electron chi connectivity index (χ4n) is 2.92. The minimum absolute atomic E-state index is 0.0948. The normalized spacial score (nSPS) is 11.3. The van der Waals surface area contributed by atoms with Gasteiger partial charge in [0.2, 0.25) is 5.89 Å². The summed E-state index contributed by atoms with van der Waals surface area (Å²) in [5.74, 6) is 0.169. The molecule has 0 amide bonds. The maximum Gasteiger partial charge on any atom is 0.339 e. The molecule has 0 bridgehead atoms. The molecule has 28 heavy (non-hydrogen) atoms. The van der Waals surface area contributed by atoms with Gasteiger partial charge in [-0.05, 0) is 19.9 Å². The Balaban J connectivity index is 1.76. The van der Waals surface area contributed by atoms with E-state index >= 15 is 0 Å². The first-order valence-electron chi connectivity index (χ1n) is 8.92. The zero-order chi connectivity index (χ0) is 19.7. The second kappa shape index (κ2) is 7.22. The lowest BCUT2D eigenvalue weighted by Gasteiger charge is -2.10. The van der Waals surface area contributed by atoms with Crippen LogP contribution in [0.4, 0.5) is 0 Å². The third kappa shape index (κ3) is 3.36. The summed E-state index contributed by atoms with van der Waals surface area (Å²) in [7, 11) is 0. The number of pyridine rings is 1. The minimum Gasteiger partial charge on any atom is -0.452 e. The number of carbonyl (C=O) groups excluding carboxylic acids is 1. The number of esters is 1. The zero-order valence-corrected chi connectivity index (χ0v) is 15.8. The van der Waals surface area contributed by atoms with Gasteiger partial charge < -0.3 is 9.15 Å². The smallest absolute Gasteiger partial charge is 0.339 e. The zero-order valence-electron chi connectivity index (χ0n) is 15.8. The lowest BCUT2D eigenvalue weighted by molar-refractivity contribution is 0.0439. The highest BCUT2D eigenvalue weighted by molar-refractivity contribution is 6.03. The molecule has 0 saturated carbocycles. The number of nitrogens with zero attached hydrogens (tertiary/aromatic N) is 5. The summed E-state index contributed by atoms with van der Waals surface area (Å²) in [5.41, 5.74) is 2.61. The molecule has 0 N–H and O–H groups in total. The van der Waals surface area contributed by atoms with Crippen molar-refractivity contribution in [3.63, 3.8) is 0 Å². The number of aryl methyl sites for hydroxylation is 1. The Hall–Kier alpha value is -3.55. The van der Waals surface area contributed by atoms with E-state index in [1.165, 1.54) is 0 Å². The maximum absolute atomic E-state index is 12.8. The van der Waals surface area contributed by atoms with Crippen molar-refractivity contribution in [2.75, 3.05) is 0 Å². The molecule has 8 nitrogen and oxygen atoms in total. The van der Waals surface area contributed by atoms with Crippen molar-refractivity contribution in [2.24, 2.45) is 0 Å². The third-order valence-corrected chi connectivity index (χ3v) is 4.24. The largest absolute Gasteiger partial charge is 0.452 e. The molecule has 0 aliphatic carbocycles. The Labute approximate surface area is 161 Å². The first-order valence-corrected chi connectivity index (χ1v) is 8.92. The molecule has 0 radical (unpaired) electrons. The van der Waals surface area contributed by atoms with Crippen LogP contribution in [0.15, 0.2) is 47.0 Å². The lowest BCUT2D eigenvalue weighted by Crippen LogP contribution is -2.08. The van der Waals surface area contributed by atoms with Crippen LogP contribution in [0.1, 0.15) is 42.0 Å². The number of benzene rings is 1. The highest BCUT2D eigenvalue weighted by Gasteiger charge is 2.20. The second-order valence-electron chi connectivity index (χ2n) is 6.63. The molecule has 0 unspecified atom stereocenters. The van der Waals surface area contributed by atoms with Gasteiger partial charge in [-0.25, -0.2) is 14.5 Å². The molecule has 0 saturated heterocycles. The summed E-state index contributed by atoms with van der Waals surface area (Å²) in [6.45, 7) is 5.61. The predicted octanol–water partition coefficient (Wildman–Crippen LogP) is 3.73. The van der Waals surface area contributed by atoms with Gasteiger partial charge in [0, 0.05) is 18.5 Å². The molecular formula is C20H19N5O3. The van der Waals surface area contributed by atoms with Gasteiger partial charge in [-0.15, -0.1) is 10.2 Å². The van der Waals surface area contributed by atoms with Crippen LogP contribution in [-0.2, 0) is 11.3 Å². The molecule has 0 fully saturated rings. The number of carbonyl (C=O) groups is 1. The predicted molar refractivity (Wildman–Crippen MR) is 102 cm³/mol. The Morgan fingerprint density at radius 3 is 2.68 bits per heavy atom. The Morgan fingerprint density at radius 1 is 1.21 bits per heavy atom. The van der Waals surface area contributed by atoms with Gasteiger partial charge in [0.25, 0.3) is 5.89 Å². The molecule has 3 aromatic heterocycles. The Bertz CT molecular complexity index is 1130. The van der Waals surface area contributed by atoms with Crippen LogP contribution < -0.4 is 0 Å². The van der Waals surface area contributed by atoms with Crippen LogP contribution in [-0.4, -0.2) is 30.9 Å². The van der Waals surface area contributed by atoms with E-state index in [-0.39, 0.29) is 18.5 Å². The van der Waals surface area contributed by atoms with Gasteiger partial charge in [0.05, 0.1) is 22.8 Å². The van der Waals surface area contributed by atoms with E-state index in [1.807, 2.05) is 44.2 Å². The van der Waals surface area contributed by atoms with Crippen molar-refractivity contribution in [1.82, 2.24) is 25.0 Å². The van der Waals surface area contributed by atoms with Gasteiger partial charge in [0.1, 0.15) is 0 Å². The van der Waals surface area contributed by atoms with Gasteiger partial charge in [-0.3, -0.25) is 0 Å². The second-order valence-corrected chi connectivity index (χ2v) is 6.63. The van der Waals surface area contributed by atoms with Crippen LogP contribution in [0.25, 0.3) is 22.3 Å². The van der Waals surface area contributed by atoms with Gasteiger partial charge in [-0.1, -0.05) is 30.3 Å². The summed E-state index contributed by atoms with van der Waals surface area (Å²) in [6, 6.07) is 11.5. The summed E-state index contributed by atoms with van der Waals surface area (Å²) < 4.78 is 12.4. The Morgan fingerprint density at radius 2 is 2.00 bits per heavy atom. The topological polar surface area (TPSA) is 95.9 Å². The number of rotatable bonds is 5. The molecule has 0 aliphatic heterocycles. The average Bonchev–Trinajstić information content (AvgIpc) is 3.32. The number of hydrogen-bond acceptors (Lipinski definition) is 7. The Kier molecular flexibility index (Phi) is 4.60. The summed E-state index contributed by atoms with van der Waals surface area (Å²) >= 11 is 0. The van der Waals surface area contributed by atoms with Crippen molar-refractivity contribution in [2.45, 2.75) is 33.4 Å². The molecule has 4 aromatic rings. The number of ether oxygens (including phenoxy) is 1. The number of hydrogen-bond donors (Lipinski definition) is 0. The molecular weight excluding hydrogens is 358 g/mol. The number of aromatic nitrogens is 5. The van der Waals surface area contributed by atoms with Crippen molar-refractivity contribution >= 4 is 17.0 Å². The first-order chi connectivity index (χ1) is 13.5. The SMILES string of the molecule is Cc1nnc(COC(=O)c2cc(-c3ccccc3)nc3c2cnn3C(C)C)o1. The van der Waals surface area contributed by atoms with Crippen molar-refractivity contribution in [3.05, 3.63) is 59.9 Å². The van der Waals surface area contributed by atoms with Crippen LogP contribution in [0.3, 0.4) is 0 Å². The minimum atomic E-state index is -0.497. The molecule has 8 heteroatoms. The molecule has 142 valence electrons. The van der Waals surface area contributed by atoms with Crippen LogP contribution in [0, 0.1) is 6.92 Å². The number of fused-ring (bicyclic) bond motifs is 1. The summed E-state index contributed by atoms with van der Waals surface area (Å²) in [6.07, 6.45) is 1.64. The highest BCUT2D eigenvalue weighted by atomic mass is 16.5. The third-order valence-electron chi connectivity index (χ3n) is 4.24. The molecule has 3 heterocycles. The quantitative estimate of drug-likeness (QED) is 0.489. The molecule has 0 aliphatic rings. The standard InChI is InChI=1S/C20H19N5O3/c1-12(2)25-19-16(10-21-25)15(9-17(22-19)14-7-5-4-6-8-14)20(26)27-11-18-24-23-13(3)28-18/h4-10,12H,11H2,1-3H3. The van der Waals surface area contributed by atoms with E-state index in [0.717, 1.165) is 5.56 Å². The van der Waals surface area contributed by atoms with Crippen LogP contribution in [0.2, 0.25) is 0 Å². The molecule has 0 spiro atoms. The van der Waals surface area contributed by atoms with E-state index in [0.29, 0.717) is 28.2 Å². The van der Waals surface area contributed by atoms with Crippen molar-refractivity contribution < 1.29 is 13.9 Å².